The van der Waals surface area contributed by atoms with Crippen molar-refractivity contribution in [3.8, 4) is 0 Å². The van der Waals surface area contributed by atoms with Crippen LogP contribution < -0.4 is 16.0 Å². The van der Waals surface area contributed by atoms with Crippen LogP contribution >= 0.6 is 0 Å². The molecule has 2 atom stereocenters. The van der Waals surface area contributed by atoms with E-state index in [1.807, 2.05) is 0 Å². The first-order valence-corrected chi connectivity index (χ1v) is 6.18. The molecular weight excluding hydrogens is 233 g/mol. The molecule has 0 saturated carbocycles. The van der Waals surface area contributed by atoms with Crippen molar-refractivity contribution in [2.45, 2.75) is 19.4 Å². The molecule has 1 fully saturated rings. The van der Waals surface area contributed by atoms with Gasteiger partial charge in [-0.2, -0.15) is 0 Å². The van der Waals surface area contributed by atoms with Crippen LogP contribution in [-0.2, 0) is 0 Å². The van der Waals surface area contributed by atoms with Crippen LogP contribution in [0, 0.1) is 11.7 Å². The zero-order chi connectivity index (χ0) is 13.0. The van der Waals surface area contributed by atoms with Crippen LogP contribution in [-0.4, -0.2) is 25.2 Å². The van der Waals surface area contributed by atoms with Crippen molar-refractivity contribution in [2.75, 3.05) is 18.4 Å². The molecule has 3 N–H and O–H groups in total. The summed E-state index contributed by atoms with van der Waals surface area (Å²) in [5, 5.41) is 8.61. The second kappa shape index (κ2) is 5.82. The highest BCUT2D eigenvalue weighted by molar-refractivity contribution is 5.89. The third-order valence-corrected chi connectivity index (χ3v) is 3.03. The Bertz CT molecular complexity index is 424. The van der Waals surface area contributed by atoms with Crippen LogP contribution in [0.1, 0.15) is 13.3 Å². The highest BCUT2D eigenvalue weighted by Crippen LogP contribution is 2.13. The molecular formula is C13H18FN3O. The molecule has 2 rings (SSSR count). The number of hydrogen-bond acceptors (Lipinski definition) is 2. The topological polar surface area (TPSA) is 53.2 Å². The molecule has 1 saturated heterocycles. The summed E-state index contributed by atoms with van der Waals surface area (Å²) in [4.78, 5) is 11.7. The molecule has 0 aliphatic carbocycles. The Balaban J connectivity index is 1.87. The number of benzene rings is 1. The van der Waals surface area contributed by atoms with Crippen LogP contribution in [0.15, 0.2) is 24.3 Å². The number of rotatable bonds is 2. The van der Waals surface area contributed by atoms with Gasteiger partial charge in [0.1, 0.15) is 5.82 Å². The van der Waals surface area contributed by atoms with Crippen molar-refractivity contribution in [3.63, 3.8) is 0 Å². The first-order valence-electron chi connectivity index (χ1n) is 6.18. The Kier molecular flexibility index (Phi) is 4.15. The minimum atomic E-state index is -0.428. The fraction of sp³-hybridized carbons (Fsp3) is 0.462. The molecule has 5 heteroatoms. The lowest BCUT2D eigenvalue weighted by Crippen LogP contribution is -2.49. The van der Waals surface area contributed by atoms with Gasteiger partial charge in [0.25, 0.3) is 0 Å². The van der Waals surface area contributed by atoms with E-state index in [-0.39, 0.29) is 17.8 Å². The van der Waals surface area contributed by atoms with E-state index < -0.39 is 5.82 Å². The molecule has 1 aliphatic rings. The van der Waals surface area contributed by atoms with E-state index in [0.29, 0.717) is 5.92 Å². The zero-order valence-corrected chi connectivity index (χ0v) is 10.4. The number of amides is 2. The second-order valence-corrected chi connectivity index (χ2v) is 4.77. The lowest BCUT2D eigenvalue weighted by atomic mass is 9.98. The van der Waals surface area contributed by atoms with Crippen LogP contribution in [0.5, 0.6) is 0 Å². The fourth-order valence-electron chi connectivity index (χ4n) is 2.17. The number of anilines is 1. The molecule has 1 aromatic carbocycles. The van der Waals surface area contributed by atoms with Gasteiger partial charge in [0.2, 0.25) is 0 Å². The summed E-state index contributed by atoms with van der Waals surface area (Å²) in [5.74, 6) is 0.111. The summed E-state index contributed by atoms with van der Waals surface area (Å²) < 4.78 is 13.3. The standard InChI is InChI=1S/C13H18FN3O/c1-9-6-10(8-15-7-9)16-13(18)17-12-5-3-2-4-11(12)14/h2-5,9-10,15H,6-8H2,1H3,(H2,16,17,18). The van der Waals surface area contributed by atoms with Crippen LogP contribution in [0.25, 0.3) is 0 Å². The van der Waals surface area contributed by atoms with Crippen LogP contribution in [0.3, 0.4) is 0 Å². The van der Waals surface area contributed by atoms with Gasteiger partial charge in [0.05, 0.1) is 5.69 Å². The maximum Gasteiger partial charge on any atom is 0.319 e. The van der Waals surface area contributed by atoms with Gasteiger partial charge in [-0.1, -0.05) is 19.1 Å². The number of halogens is 1. The zero-order valence-electron chi connectivity index (χ0n) is 10.4. The fourth-order valence-corrected chi connectivity index (χ4v) is 2.17. The van der Waals surface area contributed by atoms with Gasteiger partial charge in [0.15, 0.2) is 0 Å². The van der Waals surface area contributed by atoms with Crippen molar-refractivity contribution >= 4 is 11.7 Å². The summed E-state index contributed by atoms with van der Waals surface area (Å²) in [7, 11) is 0. The molecule has 4 nitrogen and oxygen atoms in total. The maximum atomic E-state index is 13.3. The molecule has 1 aliphatic heterocycles. The average molecular weight is 251 g/mol. The molecule has 2 amide bonds. The SMILES string of the molecule is CC1CNCC(NC(=O)Nc2ccccc2F)C1. The number of carbonyl (C=O) groups is 1. The smallest absolute Gasteiger partial charge is 0.319 e. The minimum absolute atomic E-state index is 0.0977. The first kappa shape index (κ1) is 12.8. The van der Waals surface area contributed by atoms with E-state index in [4.69, 9.17) is 0 Å². The summed E-state index contributed by atoms with van der Waals surface area (Å²) in [6.07, 6.45) is 0.942. The molecule has 1 heterocycles. The lowest BCUT2D eigenvalue weighted by molar-refractivity contribution is 0.241. The Morgan fingerprint density at radius 2 is 2.17 bits per heavy atom. The monoisotopic (exact) mass is 251 g/mol. The van der Waals surface area contributed by atoms with Crippen molar-refractivity contribution in [2.24, 2.45) is 5.92 Å². The number of nitrogens with one attached hydrogen (secondary N) is 3. The predicted octanol–water partition coefficient (Wildman–Crippen LogP) is 1.95. The van der Waals surface area contributed by atoms with E-state index in [1.165, 1.54) is 12.1 Å². The third-order valence-electron chi connectivity index (χ3n) is 3.03. The molecule has 18 heavy (non-hydrogen) atoms. The first-order chi connectivity index (χ1) is 8.65. The Labute approximate surface area is 106 Å². The average Bonchev–Trinajstić information content (AvgIpc) is 2.32. The van der Waals surface area contributed by atoms with Crippen molar-refractivity contribution < 1.29 is 9.18 Å². The normalized spacial score (nSPS) is 23.4. The molecule has 0 bridgehead atoms. The second-order valence-electron chi connectivity index (χ2n) is 4.77. The van der Waals surface area contributed by atoms with Gasteiger partial charge in [0, 0.05) is 12.6 Å². The van der Waals surface area contributed by atoms with Gasteiger partial charge in [-0.15, -0.1) is 0 Å². The number of carbonyl (C=O) groups excluding carboxylic acids is 1. The van der Waals surface area contributed by atoms with E-state index in [0.717, 1.165) is 19.5 Å². The van der Waals surface area contributed by atoms with Gasteiger partial charge < -0.3 is 16.0 Å². The van der Waals surface area contributed by atoms with E-state index >= 15 is 0 Å². The highest BCUT2D eigenvalue weighted by atomic mass is 19.1. The molecule has 2 unspecified atom stereocenters. The van der Waals surface area contributed by atoms with Crippen molar-refractivity contribution in [1.29, 1.82) is 0 Å². The van der Waals surface area contributed by atoms with Gasteiger partial charge in [-0.05, 0) is 31.0 Å². The number of hydrogen-bond donors (Lipinski definition) is 3. The van der Waals surface area contributed by atoms with E-state index in [1.54, 1.807) is 12.1 Å². The highest BCUT2D eigenvalue weighted by Gasteiger charge is 2.20. The maximum absolute atomic E-state index is 13.3. The van der Waals surface area contributed by atoms with Gasteiger partial charge in [-0.3, -0.25) is 0 Å². The lowest BCUT2D eigenvalue weighted by Gasteiger charge is -2.28. The van der Waals surface area contributed by atoms with Crippen molar-refractivity contribution in [1.82, 2.24) is 10.6 Å². The minimum Gasteiger partial charge on any atom is -0.334 e. The number of piperidine rings is 1. The van der Waals surface area contributed by atoms with Gasteiger partial charge in [-0.25, -0.2) is 9.18 Å². The number of urea groups is 1. The molecule has 0 radical (unpaired) electrons. The van der Waals surface area contributed by atoms with E-state index in [9.17, 15) is 9.18 Å². The van der Waals surface area contributed by atoms with Gasteiger partial charge >= 0.3 is 6.03 Å². The summed E-state index contributed by atoms with van der Waals surface area (Å²) >= 11 is 0. The Morgan fingerprint density at radius 3 is 2.89 bits per heavy atom. The summed E-state index contributed by atoms with van der Waals surface area (Å²) in [6, 6.07) is 5.87. The van der Waals surface area contributed by atoms with E-state index in [2.05, 4.69) is 22.9 Å². The predicted molar refractivity (Wildman–Crippen MR) is 69.0 cm³/mol. The Hall–Kier alpha value is -1.62. The molecule has 0 aromatic heterocycles. The third kappa shape index (κ3) is 3.43. The number of para-hydroxylation sites is 1. The largest absolute Gasteiger partial charge is 0.334 e. The van der Waals surface area contributed by atoms with Crippen LogP contribution in [0.4, 0.5) is 14.9 Å². The summed E-state index contributed by atoms with van der Waals surface area (Å²) in [6.45, 7) is 3.87. The van der Waals surface area contributed by atoms with Crippen molar-refractivity contribution in [3.05, 3.63) is 30.1 Å². The quantitative estimate of drug-likeness (QED) is 0.752. The van der Waals surface area contributed by atoms with Crippen LogP contribution in [0.2, 0.25) is 0 Å². The molecule has 98 valence electrons. The Morgan fingerprint density at radius 1 is 1.39 bits per heavy atom. The molecule has 0 spiro atoms. The summed E-state index contributed by atoms with van der Waals surface area (Å²) in [5.41, 5.74) is 0.201. The molecule has 1 aromatic rings.